The van der Waals surface area contributed by atoms with Gasteiger partial charge >= 0.3 is 0 Å². The highest BCUT2D eigenvalue weighted by atomic mass is 16.3. The largest absolute Gasteiger partial charge is 0.387 e. The van der Waals surface area contributed by atoms with Crippen LogP contribution in [0.2, 0.25) is 0 Å². The van der Waals surface area contributed by atoms with Crippen LogP contribution in [0.5, 0.6) is 0 Å². The SMILES string of the molecule is Cc1cc(C(O)CC(C)C)nc2ccccc12. The second-order valence-electron chi connectivity index (χ2n) is 5.03. The molecule has 0 saturated carbocycles. The number of hydrogen-bond donors (Lipinski definition) is 1. The highest BCUT2D eigenvalue weighted by Crippen LogP contribution is 2.24. The molecule has 0 aliphatic carbocycles. The first-order valence-electron chi connectivity index (χ1n) is 6.12. The summed E-state index contributed by atoms with van der Waals surface area (Å²) in [5, 5.41) is 11.3. The Labute approximate surface area is 102 Å². The molecule has 90 valence electrons. The second-order valence-corrected chi connectivity index (χ2v) is 5.03. The lowest BCUT2D eigenvalue weighted by atomic mass is 10.0. The highest BCUT2D eigenvalue weighted by molar-refractivity contribution is 5.82. The van der Waals surface area contributed by atoms with Crippen molar-refractivity contribution in [1.29, 1.82) is 0 Å². The standard InChI is InChI=1S/C15H19NO/c1-10(2)8-15(17)14-9-11(3)12-6-4-5-7-13(12)16-14/h4-7,9-10,15,17H,8H2,1-3H3. The number of fused-ring (bicyclic) bond motifs is 1. The topological polar surface area (TPSA) is 33.1 Å². The van der Waals surface area contributed by atoms with E-state index in [2.05, 4.69) is 31.8 Å². The van der Waals surface area contributed by atoms with Crippen molar-refractivity contribution >= 4 is 10.9 Å². The van der Waals surface area contributed by atoms with E-state index in [-0.39, 0.29) is 0 Å². The minimum absolute atomic E-state index is 0.460. The van der Waals surface area contributed by atoms with Crippen molar-refractivity contribution in [1.82, 2.24) is 4.98 Å². The first kappa shape index (κ1) is 12.1. The van der Waals surface area contributed by atoms with E-state index in [1.54, 1.807) is 0 Å². The quantitative estimate of drug-likeness (QED) is 0.872. The van der Waals surface area contributed by atoms with Crippen LogP contribution in [0.15, 0.2) is 30.3 Å². The number of hydrogen-bond acceptors (Lipinski definition) is 2. The lowest BCUT2D eigenvalue weighted by molar-refractivity contribution is 0.147. The molecular weight excluding hydrogens is 210 g/mol. The summed E-state index contributed by atoms with van der Waals surface area (Å²) in [6, 6.07) is 10.0. The molecule has 0 amide bonds. The number of aryl methyl sites for hydroxylation is 1. The normalized spacial score (nSPS) is 13.2. The summed E-state index contributed by atoms with van der Waals surface area (Å²) in [5.41, 5.74) is 2.92. The minimum atomic E-state index is -0.460. The molecule has 17 heavy (non-hydrogen) atoms. The van der Waals surface area contributed by atoms with Gasteiger partial charge in [0.2, 0.25) is 0 Å². The third kappa shape index (κ3) is 2.64. The predicted molar refractivity (Wildman–Crippen MR) is 70.9 cm³/mol. The average molecular weight is 229 g/mol. The van der Waals surface area contributed by atoms with Crippen LogP contribution < -0.4 is 0 Å². The number of pyridine rings is 1. The lowest BCUT2D eigenvalue weighted by Gasteiger charge is -2.14. The zero-order valence-electron chi connectivity index (χ0n) is 10.6. The molecule has 0 bridgehead atoms. The molecule has 1 atom stereocenters. The van der Waals surface area contributed by atoms with E-state index < -0.39 is 6.10 Å². The summed E-state index contributed by atoms with van der Waals surface area (Å²) < 4.78 is 0. The van der Waals surface area contributed by atoms with E-state index in [1.165, 1.54) is 5.56 Å². The summed E-state index contributed by atoms with van der Waals surface area (Å²) in [6.07, 6.45) is 0.295. The molecule has 2 heteroatoms. The number of aromatic nitrogens is 1. The Kier molecular flexibility index (Phi) is 3.43. The molecule has 1 heterocycles. The Hall–Kier alpha value is -1.41. The van der Waals surface area contributed by atoms with E-state index in [4.69, 9.17) is 0 Å². The number of nitrogens with zero attached hydrogens (tertiary/aromatic N) is 1. The van der Waals surface area contributed by atoms with Gasteiger partial charge in [0.25, 0.3) is 0 Å². The van der Waals surface area contributed by atoms with Crippen LogP contribution in [-0.2, 0) is 0 Å². The molecule has 0 aliphatic rings. The summed E-state index contributed by atoms with van der Waals surface area (Å²) in [6.45, 7) is 6.28. The van der Waals surface area contributed by atoms with Crippen molar-refractivity contribution in [2.45, 2.75) is 33.3 Å². The maximum atomic E-state index is 10.1. The zero-order chi connectivity index (χ0) is 12.4. The summed E-state index contributed by atoms with van der Waals surface area (Å²) >= 11 is 0. The molecule has 1 aromatic heterocycles. The van der Waals surface area contributed by atoms with Gasteiger partial charge in [0.15, 0.2) is 0 Å². The van der Waals surface area contributed by atoms with Gasteiger partial charge in [-0.2, -0.15) is 0 Å². The van der Waals surface area contributed by atoms with Gasteiger partial charge in [0, 0.05) is 5.39 Å². The van der Waals surface area contributed by atoms with Gasteiger partial charge in [-0.3, -0.25) is 4.98 Å². The lowest BCUT2D eigenvalue weighted by Crippen LogP contribution is -2.05. The highest BCUT2D eigenvalue weighted by Gasteiger charge is 2.12. The molecule has 0 saturated heterocycles. The Morgan fingerprint density at radius 2 is 1.94 bits per heavy atom. The number of aliphatic hydroxyl groups excluding tert-OH is 1. The number of rotatable bonds is 3. The molecule has 2 nitrogen and oxygen atoms in total. The van der Waals surface area contributed by atoms with Gasteiger partial charge < -0.3 is 5.11 Å². The minimum Gasteiger partial charge on any atom is -0.387 e. The van der Waals surface area contributed by atoms with Gasteiger partial charge in [-0.25, -0.2) is 0 Å². The van der Waals surface area contributed by atoms with Crippen molar-refractivity contribution in [2.75, 3.05) is 0 Å². The Balaban J connectivity index is 2.42. The predicted octanol–water partition coefficient (Wildman–Crippen LogP) is 3.62. The second kappa shape index (κ2) is 4.84. The fourth-order valence-electron chi connectivity index (χ4n) is 2.11. The maximum absolute atomic E-state index is 10.1. The van der Waals surface area contributed by atoms with Crippen LogP contribution in [0.25, 0.3) is 10.9 Å². The van der Waals surface area contributed by atoms with Crippen molar-refractivity contribution in [3.05, 3.63) is 41.6 Å². The third-order valence-corrected chi connectivity index (χ3v) is 2.98. The molecule has 1 N–H and O–H groups in total. The molecule has 0 spiro atoms. The first-order chi connectivity index (χ1) is 8.08. The van der Waals surface area contributed by atoms with Crippen molar-refractivity contribution in [2.24, 2.45) is 5.92 Å². The van der Waals surface area contributed by atoms with E-state index in [0.717, 1.165) is 23.0 Å². The fraction of sp³-hybridized carbons (Fsp3) is 0.400. The van der Waals surface area contributed by atoms with E-state index in [0.29, 0.717) is 5.92 Å². The van der Waals surface area contributed by atoms with Crippen molar-refractivity contribution in [3.8, 4) is 0 Å². The molecule has 2 rings (SSSR count). The smallest absolute Gasteiger partial charge is 0.0962 e. The summed E-state index contributed by atoms with van der Waals surface area (Å²) in [4.78, 5) is 4.54. The van der Waals surface area contributed by atoms with Crippen LogP contribution in [-0.4, -0.2) is 10.1 Å². The molecular formula is C15H19NO. The molecule has 1 unspecified atom stereocenters. The van der Waals surface area contributed by atoms with Gasteiger partial charge in [0.05, 0.1) is 17.3 Å². The molecule has 0 aliphatic heterocycles. The maximum Gasteiger partial charge on any atom is 0.0962 e. The molecule has 2 aromatic rings. The van der Waals surface area contributed by atoms with Crippen LogP contribution in [0.3, 0.4) is 0 Å². The fourth-order valence-corrected chi connectivity index (χ4v) is 2.11. The zero-order valence-corrected chi connectivity index (χ0v) is 10.6. The monoisotopic (exact) mass is 229 g/mol. The van der Waals surface area contributed by atoms with Crippen molar-refractivity contribution in [3.63, 3.8) is 0 Å². The van der Waals surface area contributed by atoms with Gasteiger partial charge in [0.1, 0.15) is 0 Å². The summed E-state index contributed by atoms with van der Waals surface area (Å²) in [5.74, 6) is 0.471. The number of aliphatic hydroxyl groups is 1. The third-order valence-electron chi connectivity index (χ3n) is 2.98. The number of para-hydroxylation sites is 1. The summed E-state index contributed by atoms with van der Waals surface area (Å²) in [7, 11) is 0. The van der Waals surface area contributed by atoms with Crippen LogP contribution in [0.4, 0.5) is 0 Å². The van der Waals surface area contributed by atoms with Gasteiger partial charge in [-0.1, -0.05) is 32.0 Å². The Morgan fingerprint density at radius 1 is 1.24 bits per heavy atom. The molecule has 0 fully saturated rings. The average Bonchev–Trinajstić information content (AvgIpc) is 2.28. The molecule has 1 aromatic carbocycles. The number of benzene rings is 1. The molecule has 0 radical (unpaired) electrons. The van der Waals surface area contributed by atoms with E-state index in [1.807, 2.05) is 24.3 Å². The van der Waals surface area contributed by atoms with Crippen LogP contribution >= 0.6 is 0 Å². The van der Waals surface area contributed by atoms with Gasteiger partial charge in [-0.05, 0) is 37.0 Å². The first-order valence-corrected chi connectivity index (χ1v) is 6.12. The van der Waals surface area contributed by atoms with E-state index >= 15 is 0 Å². The van der Waals surface area contributed by atoms with Crippen molar-refractivity contribution < 1.29 is 5.11 Å². The van der Waals surface area contributed by atoms with Crippen LogP contribution in [0, 0.1) is 12.8 Å². The Bertz CT molecular complexity index is 519. The van der Waals surface area contributed by atoms with Gasteiger partial charge in [-0.15, -0.1) is 0 Å². The van der Waals surface area contributed by atoms with Crippen LogP contribution in [0.1, 0.15) is 37.6 Å². The Morgan fingerprint density at radius 3 is 2.65 bits per heavy atom. The van der Waals surface area contributed by atoms with E-state index in [9.17, 15) is 5.11 Å².